The van der Waals surface area contributed by atoms with Crippen molar-refractivity contribution in [3.05, 3.63) is 47.0 Å². The fourth-order valence-corrected chi connectivity index (χ4v) is 1.62. The van der Waals surface area contributed by atoms with E-state index in [0.29, 0.717) is 22.6 Å². The highest BCUT2D eigenvalue weighted by atomic mass is 35.5. The Balaban J connectivity index is 3.17. The number of nitrogens with two attached hydrogens (primary N) is 1. The molecule has 2 N–H and O–H groups in total. The van der Waals surface area contributed by atoms with Crippen molar-refractivity contribution in [1.82, 2.24) is 0 Å². The average molecular weight is 207 g/mol. The molecule has 0 aromatic heterocycles. The average Bonchev–Trinajstić information content (AvgIpc) is 2.17. The Kier molecular flexibility index (Phi) is 3.70. The van der Waals surface area contributed by atoms with Crippen LogP contribution < -0.4 is 5.73 Å². The van der Waals surface area contributed by atoms with Crippen LogP contribution in [0, 0.1) is 11.3 Å². The number of hydrogen-bond donors (Lipinski definition) is 1. The van der Waals surface area contributed by atoms with E-state index < -0.39 is 0 Å². The molecule has 3 heteroatoms. The van der Waals surface area contributed by atoms with Gasteiger partial charge in [0.05, 0.1) is 11.6 Å². The first-order valence-corrected chi connectivity index (χ1v) is 4.63. The zero-order chi connectivity index (χ0) is 10.6. The van der Waals surface area contributed by atoms with Crippen molar-refractivity contribution in [1.29, 1.82) is 5.26 Å². The third-order valence-corrected chi connectivity index (χ3v) is 2.29. The molecule has 0 bridgehead atoms. The SMILES string of the molecule is C=CCC(N)c1c(Cl)cccc1C#N. The van der Waals surface area contributed by atoms with E-state index in [4.69, 9.17) is 22.6 Å². The van der Waals surface area contributed by atoms with Crippen molar-refractivity contribution in [2.75, 3.05) is 0 Å². The summed E-state index contributed by atoms with van der Waals surface area (Å²) < 4.78 is 0. The maximum Gasteiger partial charge on any atom is 0.0995 e. The van der Waals surface area contributed by atoms with Gasteiger partial charge in [0.15, 0.2) is 0 Å². The van der Waals surface area contributed by atoms with E-state index in [1.165, 1.54) is 0 Å². The van der Waals surface area contributed by atoms with E-state index in [1.807, 2.05) is 0 Å². The Bertz CT molecular complexity index is 379. The van der Waals surface area contributed by atoms with Crippen molar-refractivity contribution < 1.29 is 0 Å². The molecule has 0 fully saturated rings. The first-order valence-electron chi connectivity index (χ1n) is 4.25. The summed E-state index contributed by atoms with van der Waals surface area (Å²) in [4.78, 5) is 0. The summed E-state index contributed by atoms with van der Waals surface area (Å²) >= 11 is 5.97. The van der Waals surface area contributed by atoms with Gasteiger partial charge in [-0.25, -0.2) is 0 Å². The normalized spacial score (nSPS) is 11.8. The molecule has 0 aliphatic heterocycles. The van der Waals surface area contributed by atoms with Gasteiger partial charge in [-0.3, -0.25) is 0 Å². The van der Waals surface area contributed by atoms with Crippen molar-refractivity contribution in [2.45, 2.75) is 12.5 Å². The highest BCUT2D eigenvalue weighted by Gasteiger charge is 2.13. The second kappa shape index (κ2) is 4.80. The number of nitrogens with zero attached hydrogens (tertiary/aromatic N) is 1. The Labute approximate surface area is 88.6 Å². The maximum absolute atomic E-state index is 8.87. The molecule has 2 nitrogen and oxygen atoms in total. The molecule has 14 heavy (non-hydrogen) atoms. The van der Waals surface area contributed by atoms with Crippen molar-refractivity contribution in [3.8, 4) is 6.07 Å². The first kappa shape index (κ1) is 10.8. The van der Waals surface area contributed by atoms with Gasteiger partial charge in [0.2, 0.25) is 0 Å². The van der Waals surface area contributed by atoms with Gasteiger partial charge in [-0.1, -0.05) is 23.7 Å². The number of halogens is 1. The van der Waals surface area contributed by atoms with Crippen LogP contribution in [0.1, 0.15) is 23.6 Å². The van der Waals surface area contributed by atoms with Crippen molar-refractivity contribution in [2.24, 2.45) is 5.73 Å². The highest BCUT2D eigenvalue weighted by molar-refractivity contribution is 6.31. The lowest BCUT2D eigenvalue weighted by molar-refractivity contribution is 0.740. The minimum Gasteiger partial charge on any atom is -0.324 e. The molecule has 0 amide bonds. The van der Waals surface area contributed by atoms with Gasteiger partial charge in [-0.05, 0) is 18.6 Å². The lowest BCUT2D eigenvalue weighted by atomic mass is 9.99. The Morgan fingerprint density at radius 3 is 2.93 bits per heavy atom. The van der Waals surface area contributed by atoms with Gasteiger partial charge in [-0.15, -0.1) is 6.58 Å². The molecule has 72 valence electrons. The quantitative estimate of drug-likeness (QED) is 0.774. The van der Waals surface area contributed by atoms with Crippen LogP contribution >= 0.6 is 11.6 Å². The Hall–Kier alpha value is -1.30. The van der Waals surface area contributed by atoms with Crippen molar-refractivity contribution in [3.63, 3.8) is 0 Å². The molecule has 1 unspecified atom stereocenters. The molecular weight excluding hydrogens is 196 g/mol. The summed E-state index contributed by atoms with van der Waals surface area (Å²) in [5.41, 5.74) is 7.12. The van der Waals surface area contributed by atoms with E-state index >= 15 is 0 Å². The summed E-state index contributed by atoms with van der Waals surface area (Å²) in [6.07, 6.45) is 2.33. The summed E-state index contributed by atoms with van der Waals surface area (Å²) in [5.74, 6) is 0. The van der Waals surface area contributed by atoms with Crippen LogP contribution in [0.5, 0.6) is 0 Å². The summed E-state index contributed by atoms with van der Waals surface area (Å²) in [6, 6.07) is 7.01. The summed E-state index contributed by atoms with van der Waals surface area (Å²) in [7, 11) is 0. The molecule has 0 aliphatic rings. The second-order valence-electron chi connectivity index (χ2n) is 2.94. The molecule has 0 aliphatic carbocycles. The molecule has 1 aromatic rings. The monoisotopic (exact) mass is 206 g/mol. The third-order valence-electron chi connectivity index (χ3n) is 1.96. The van der Waals surface area contributed by atoms with Crippen LogP contribution in [-0.2, 0) is 0 Å². The fourth-order valence-electron chi connectivity index (χ4n) is 1.31. The van der Waals surface area contributed by atoms with Crippen LogP contribution in [-0.4, -0.2) is 0 Å². The summed E-state index contributed by atoms with van der Waals surface area (Å²) in [5, 5.41) is 9.41. The van der Waals surface area contributed by atoms with Gasteiger partial charge >= 0.3 is 0 Å². The Morgan fingerprint density at radius 1 is 1.64 bits per heavy atom. The molecule has 0 saturated carbocycles. The first-order chi connectivity index (χ1) is 6.70. The molecule has 1 aromatic carbocycles. The smallest absolute Gasteiger partial charge is 0.0995 e. The molecular formula is C11H11ClN2. The molecule has 1 rings (SSSR count). The highest BCUT2D eigenvalue weighted by Crippen LogP contribution is 2.26. The van der Waals surface area contributed by atoms with Crippen LogP contribution in [0.3, 0.4) is 0 Å². The Morgan fingerprint density at radius 2 is 2.36 bits per heavy atom. The second-order valence-corrected chi connectivity index (χ2v) is 3.35. The van der Waals surface area contributed by atoms with Crippen molar-refractivity contribution >= 4 is 11.6 Å². The van der Waals surface area contributed by atoms with Crippen LogP contribution in [0.4, 0.5) is 0 Å². The lowest BCUT2D eigenvalue weighted by Gasteiger charge is -2.12. The molecule has 0 radical (unpaired) electrons. The zero-order valence-electron chi connectivity index (χ0n) is 7.70. The van der Waals surface area contributed by atoms with Crippen LogP contribution in [0.15, 0.2) is 30.9 Å². The minimum atomic E-state index is -0.254. The van der Waals surface area contributed by atoms with Crippen LogP contribution in [0.2, 0.25) is 5.02 Å². The molecule has 0 spiro atoms. The van der Waals surface area contributed by atoms with Gasteiger partial charge in [0.25, 0.3) is 0 Å². The number of nitriles is 1. The number of hydrogen-bond acceptors (Lipinski definition) is 2. The number of benzene rings is 1. The van der Waals surface area contributed by atoms with Gasteiger partial charge in [0.1, 0.15) is 0 Å². The fraction of sp³-hybridized carbons (Fsp3) is 0.182. The van der Waals surface area contributed by atoms with Crippen LogP contribution in [0.25, 0.3) is 0 Å². The maximum atomic E-state index is 8.87. The van der Waals surface area contributed by atoms with E-state index in [2.05, 4.69) is 12.6 Å². The van der Waals surface area contributed by atoms with E-state index in [9.17, 15) is 0 Å². The third kappa shape index (κ3) is 2.14. The zero-order valence-corrected chi connectivity index (χ0v) is 8.46. The lowest BCUT2D eigenvalue weighted by Crippen LogP contribution is -2.11. The molecule has 0 heterocycles. The van der Waals surface area contributed by atoms with E-state index in [1.54, 1.807) is 24.3 Å². The predicted molar refractivity (Wildman–Crippen MR) is 57.9 cm³/mol. The topological polar surface area (TPSA) is 49.8 Å². The number of rotatable bonds is 3. The van der Waals surface area contributed by atoms with E-state index in [-0.39, 0.29) is 6.04 Å². The van der Waals surface area contributed by atoms with Gasteiger partial charge in [-0.2, -0.15) is 5.26 Å². The van der Waals surface area contributed by atoms with E-state index in [0.717, 1.165) is 0 Å². The predicted octanol–water partition coefficient (Wildman–Crippen LogP) is 2.79. The molecule has 1 atom stereocenters. The van der Waals surface area contributed by atoms with Gasteiger partial charge < -0.3 is 5.73 Å². The summed E-state index contributed by atoms with van der Waals surface area (Å²) in [6.45, 7) is 3.61. The van der Waals surface area contributed by atoms with Gasteiger partial charge in [0, 0.05) is 16.6 Å². The molecule has 0 saturated heterocycles. The largest absolute Gasteiger partial charge is 0.324 e. The minimum absolute atomic E-state index is 0.254. The standard InChI is InChI=1S/C11H11ClN2/c1-2-4-10(14)11-8(7-13)5-3-6-9(11)12/h2-3,5-6,10H,1,4,14H2.